The van der Waals surface area contributed by atoms with Gasteiger partial charge in [-0.1, -0.05) is 30.3 Å². The van der Waals surface area contributed by atoms with Crippen LogP contribution in [-0.4, -0.2) is 19.3 Å². The highest BCUT2D eigenvalue weighted by molar-refractivity contribution is 7.92. The van der Waals surface area contributed by atoms with Gasteiger partial charge in [-0.25, -0.2) is 17.2 Å². The topological polar surface area (TPSA) is 91.1 Å². The van der Waals surface area contributed by atoms with Gasteiger partial charge in [-0.3, -0.25) is 9.52 Å². The molecule has 2 aromatic carbocycles. The van der Waals surface area contributed by atoms with E-state index in [0.717, 1.165) is 18.3 Å². The van der Waals surface area contributed by atoms with Crippen molar-refractivity contribution in [1.82, 2.24) is 10.3 Å². The summed E-state index contributed by atoms with van der Waals surface area (Å²) in [5, 5.41) is 2.59. The molecule has 0 spiro atoms. The van der Waals surface area contributed by atoms with Gasteiger partial charge in [0.2, 0.25) is 0 Å². The predicted octanol–water partition coefficient (Wildman–Crippen LogP) is 3.58. The van der Waals surface area contributed by atoms with Crippen molar-refractivity contribution in [1.29, 1.82) is 0 Å². The van der Waals surface area contributed by atoms with Crippen LogP contribution in [0, 0.1) is 11.6 Å². The maximum atomic E-state index is 13.8. The number of carbonyl (C=O) groups is 1. The van der Waals surface area contributed by atoms with Crippen LogP contribution in [0.2, 0.25) is 0 Å². The molecule has 28 heavy (non-hydrogen) atoms. The van der Waals surface area contributed by atoms with Gasteiger partial charge >= 0.3 is 0 Å². The molecule has 1 aromatic heterocycles. The van der Waals surface area contributed by atoms with Crippen LogP contribution in [0.25, 0.3) is 0 Å². The monoisotopic (exact) mass is 405 g/mol. The van der Waals surface area contributed by atoms with Gasteiger partial charge in [-0.05, 0) is 31.2 Å². The number of carbonyl (C=O) groups excluding carboxylic acids is 1. The van der Waals surface area contributed by atoms with Gasteiger partial charge in [0.1, 0.15) is 22.2 Å². The summed E-state index contributed by atoms with van der Waals surface area (Å²) in [5.41, 5.74) is 0.0662. The number of amides is 1. The van der Waals surface area contributed by atoms with Gasteiger partial charge < -0.3 is 10.3 Å². The van der Waals surface area contributed by atoms with Gasteiger partial charge in [0, 0.05) is 11.8 Å². The van der Waals surface area contributed by atoms with Crippen molar-refractivity contribution in [2.24, 2.45) is 0 Å². The number of anilines is 1. The molecule has 3 aromatic rings. The number of rotatable bonds is 6. The van der Waals surface area contributed by atoms with Crippen molar-refractivity contribution < 1.29 is 22.0 Å². The number of sulfonamides is 1. The van der Waals surface area contributed by atoms with Gasteiger partial charge in [0.05, 0.1) is 11.7 Å². The maximum Gasteiger partial charge on any atom is 0.268 e. The molecule has 9 heteroatoms. The Balaban J connectivity index is 1.75. The number of para-hydroxylation sites is 1. The van der Waals surface area contributed by atoms with E-state index in [4.69, 9.17) is 0 Å². The highest BCUT2D eigenvalue weighted by Gasteiger charge is 2.21. The predicted molar refractivity (Wildman–Crippen MR) is 100 cm³/mol. The number of halogens is 2. The van der Waals surface area contributed by atoms with E-state index in [9.17, 15) is 22.0 Å². The molecule has 146 valence electrons. The summed E-state index contributed by atoms with van der Waals surface area (Å²) in [4.78, 5) is 14.7. The Hall–Kier alpha value is -3.20. The second-order valence-electron chi connectivity index (χ2n) is 6.05. The SMILES string of the molecule is C[C@@H](NC(=O)c1cc(S(=O)(=O)Nc2ccccc2F)c[nH]1)c1ccccc1F. The summed E-state index contributed by atoms with van der Waals surface area (Å²) in [6.07, 6.45) is 1.12. The zero-order valence-corrected chi connectivity index (χ0v) is 15.6. The molecule has 0 unspecified atom stereocenters. The van der Waals surface area contributed by atoms with Crippen LogP contribution in [0.3, 0.4) is 0 Å². The lowest BCUT2D eigenvalue weighted by Crippen LogP contribution is -2.27. The molecule has 0 aliphatic heterocycles. The van der Waals surface area contributed by atoms with Crippen LogP contribution in [0.4, 0.5) is 14.5 Å². The lowest BCUT2D eigenvalue weighted by Gasteiger charge is -2.14. The number of H-pyrrole nitrogens is 1. The van der Waals surface area contributed by atoms with Crippen molar-refractivity contribution in [2.45, 2.75) is 17.9 Å². The van der Waals surface area contributed by atoms with Crippen LogP contribution < -0.4 is 10.0 Å². The van der Waals surface area contributed by atoms with Gasteiger partial charge in [0.25, 0.3) is 15.9 Å². The zero-order chi connectivity index (χ0) is 20.3. The summed E-state index contributed by atoms with van der Waals surface area (Å²) in [6.45, 7) is 1.61. The fraction of sp³-hybridized carbons (Fsp3) is 0.105. The van der Waals surface area contributed by atoms with Crippen molar-refractivity contribution in [3.05, 3.63) is 83.7 Å². The minimum absolute atomic E-state index is 0.0305. The van der Waals surface area contributed by atoms with Crippen molar-refractivity contribution >= 4 is 21.6 Å². The highest BCUT2D eigenvalue weighted by Crippen LogP contribution is 2.20. The van der Waals surface area contributed by atoms with Crippen molar-refractivity contribution in [3.63, 3.8) is 0 Å². The maximum absolute atomic E-state index is 13.8. The third kappa shape index (κ3) is 4.20. The first kappa shape index (κ1) is 19.6. The molecule has 0 saturated heterocycles. The zero-order valence-electron chi connectivity index (χ0n) is 14.7. The molecule has 1 amide bonds. The lowest BCUT2D eigenvalue weighted by atomic mass is 10.1. The molecule has 3 N–H and O–H groups in total. The standard InChI is InChI=1S/C19H17F2N3O3S/c1-12(14-6-2-3-7-15(14)20)23-19(25)18-10-13(11-22-18)28(26,27)24-17-9-5-4-8-16(17)21/h2-12,22,24H,1H3,(H,23,25)/t12-/m1/s1. The van der Waals surface area contributed by atoms with Gasteiger partial charge in [0.15, 0.2) is 0 Å². The highest BCUT2D eigenvalue weighted by atomic mass is 32.2. The van der Waals surface area contributed by atoms with Crippen LogP contribution in [-0.2, 0) is 10.0 Å². The minimum Gasteiger partial charge on any atom is -0.356 e. The van der Waals surface area contributed by atoms with E-state index < -0.39 is 33.6 Å². The van der Waals surface area contributed by atoms with Crippen LogP contribution in [0.5, 0.6) is 0 Å². The Kier molecular flexibility index (Phi) is 5.46. The quantitative estimate of drug-likeness (QED) is 0.585. The van der Waals surface area contributed by atoms with Crippen molar-refractivity contribution in [2.75, 3.05) is 4.72 Å². The number of hydrogen-bond donors (Lipinski definition) is 3. The molecule has 0 aliphatic carbocycles. The Morgan fingerprint density at radius 3 is 2.36 bits per heavy atom. The van der Waals surface area contributed by atoms with E-state index in [1.165, 1.54) is 30.3 Å². The Morgan fingerprint density at radius 1 is 1.04 bits per heavy atom. The Labute approximate surface area is 160 Å². The van der Waals surface area contributed by atoms with Crippen LogP contribution >= 0.6 is 0 Å². The smallest absolute Gasteiger partial charge is 0.268 e. The molecule has 0 aliphatic rings. The number of aromatic nitrogens is 1. The Bertz CT molecular complexity index is 1110. The molecule has 3 rings (SSSR count). The number of nitrogens with one attached hydrogen (secondary N) is 3. The van der Waals surface area contributed by atoms with E-state index >= 15 is 0 Å². The molecule has 0 radical (unpaired) electrons. The minimum atomic E-state index is -4.10. The van der Waals surface area contributed by atoms with Crippen LogP contribution in [0.1, 0.15) is 29.0 Å². The molecule has 0 bridgehead atoms. The van der Waals surface area contributed by atoms with Crippen molar-refractivity contribution in [3.8, 4) is 0 Å². The van der Waals surface area contributed by atoms with E-state index in [2.05, 4.69) is 15.0 Å². The third-order valence-electron chi connectivity index (χ3n) is 4.05. The summed E-state index contributed by atoms with van der Waals surface area (Å²) in [7, 11) is -4.10. The number of hydrogen-bond acceptors (Lipinski definition) is 3. The van der Waals surface area contributed by atoms with E-state index in [0.29, 0.717) is 5.56 Å². The summed E-state index contributed by atoms with van der Waals surface area (Å²) < 4.78 is 54.4. The first-order valence-electron chi connectivity index (χ1n) is 8.29. The van der Waals surface area contributed by atoms with E-state index in [-0.39, 0.29) is 16.3 Å². The molecule has 6 nitrogen and oxygen atoms in total. The summed E-state index contributed by atoms with van der Waals surface area (Å²) in [6, 6.07) is 11.8. The van der Waals surface area contributed by atoms with Crippen LogP contribution in [0.15, 0.2) is 65.7 Å². The van der Waals surface area contributed by atoms with E-state index in [1.54, 1.807) is 19.1 Å². The average molecular weight is 405 g/mol. The molecular formula is C19H17F2N3O3S. The fourth-order valence-electron chi connectivity index (χ4n) is 2.59. The average Bonchev–Trinajstić information content (AvgIpc) is 3.15. The molecular weight excluding hydrogens is 388 g/mol. The largest absolute Gasteiger partial charge is 0.356 e. The second-order valence-corrected chi connectivity index (χ2v) is 7.73. The normalized spacial score (nSPS) is 12.4. The van der Waals surface area contributed by atoms with E-state index in [1.807, 2.05) is 0 Å². The molecule has 0 fully saturated rings. The summed E-state index contributed by atoms with van der Waals surface area (Å²) >= 11 is 0. The summed E-state index contributed by atoms with van der Waals surface area (Å²) in [5.74, 6) is -1.79. The first-order valence-corrected chi connectivity index (χ1v) is 9.77. The Morgan fingerprint density at radius 2 is 1.68 bits per heavy atom. The van der Waals surface area contributed by atoms with Gasteiger partial charge in [-0.2, -0.15) is 0 Å². The number of aromatic amines is 1. The first-order chi connectivity index (χ1) is 13.3. The third-order valence-corrected chi connectivity index (χ3v) is 5.39. The molecule has 0 saturated carbocycles. The second kappa shape index (κ2) is 7.81. The lowest BCUT2D eigenvalue weighted by molar-refractivity contribution is 0.0935. The molecule has 1 heterocycles. The van der Waals surface area contributed by atoms with Gasteiger partial charge in [-0.15, -0.1) is 0 Å². The fourth-order valence-corrected chi connectivity index (χ4v) is 3.65. The molecule has 1 atom stereocenters. The number of benzene rings is 2.